The van der Waals surface area contributed by atoms with E-state index in [1.54, 1.807) is 0 Å². The molecule has 0 unspecified atom stereocenters. The number of hydrogen-bond acceptors (Lipinski definition) is 3. The van der Waals surface area contributed by atoms with Crippen LogP contribution in [0.2, 0.25) is 0 Å². The molecule has 0 saturated heterocycles. The van der Waals surface area contributed by atoms with Crippen molar-refractivity contribution in [2.45, 2.75) is 20.8 Å². The lowest BCUT2D eigenvalue weighted by atomic mass is 10.3. The molecule has 0 fully saturated rings. The van der Waals surface area contributed by atoms with E-state index in [4.69, 9.17) is 0 Å². The van der Waals surface area contributed by atoms with Crippen molar-refractivity contribution < 1.29 is 9.59 Å². The number of rotatable bonds is 0. The summed E-state index contributed by atoms with van der Waals surface area (Å²) < 4.78 is 0. The Labute approximate surface area is 92.8 Å². The summed E-state index contributed by atoms with van der Waals surface area (Å²) in [5.41, 5.74) is 1.42. The van der Waals surface area contributed by atoms with Gasteiger partial charge < -0.3 is 0 Å². The average Bonchev–Trinajstić information content (AvgIpc) is 2.61. The molecule has 15 heavy (non-hydrogen) atoms. The molecule has 2 heterocycles. The second-order valence-corrected chi connectivity index (χ2v) is 4.74. The van der Waals surface area contributed by atoms with Crippen molar-refractivity contribution in [1.29, 1.82) is 0 Å². The lowest BCUT2D eigenvalue weighted by Crippen LogP contribution is -2.19. The van der Waals surface area contributed by atoms with Gasteiger partial charge in [-0.05, 0) is 32.4 Å². The predicted octanol–water partition coefficient (Wildman–Crippen LogP) is 1.87. The third-order valence-corrected chi connectivity index (χ3v) is 2.99. The van der Waals surface area contributed by atoms with Gasteiger partial charge >= 0.3 is 0 Å². The van der Waals surface area contributed by atoms with Crippen LogP contribution in [0.1, 0.15) is 15.3 Å². The molecule has 2 rings (SSSR count). The monoisotopic (exact) mass is 223 g/mol. The van der Waals surface area contributed by atoms with Crippen LogP contribution in [0.25, 0.3) is 0 Å². The highest BCUT2D eigenvalue weighted by Crippen LogP contribution is 2.18. The SMILES string of the molecule is Cc1cc(C)c(C)s1.O=C1C=CC(=O)N1. The Bertz CT molecular complexity index is 383. The van der Waals surface area contributed by atoms with Gasteiger partial charge in [0.25, 0.3) is 11.8 Å². The second kappa shape index (κ2) is 4.89. The third kappa shape index (κ3) is 3.67. The van der Waals surface area contributed by atoms with Gasteiger partial charge in [-0.1, -0.05) is 0 Å². The van der Waals surface area contributed by atoms with Crippen molar-refractivity contribution in [3.8, 4) is 0 Å². The zero-order chi connectivity index (χ0) is 11.4. The van der Waals surface area contributed by atoms with Gasteiger partial charge in [-0.15, -0.1) is 11.3 Å². The molecule has 0 bridgehead atoms. The van der Waals surface area contributed by atoms with Crippen LogP contribution in [0.15, 0.2) is 18.2 Å². The maximum atomic E-state index is 10.0. The normalized spacial score (nSPS) is 13.5. The molecule has 1 aromatic rings. The van der Waals surface area contributed by atoms with Gasteiger partial charge in [0, 0.05) is 21.9 Å². The molecule has 1 N–H and O–H groups in total. The van der Waals surface area contributed by atoms with Crippen LogP contribution < -0.4 is 5.32 Å². The van der Waals surface area contributed by atoms with Gasteiger partial charge in [-0.25, -0.2) is 0 Å². The molecule has 0 atom stereocenters. The summed E-state index contributed by atoms with van der Waals surface area (Å²) in [7, 11) is 0. The zero-order valence-electron chi connectivity index (χ0n) is 8.96. The van der Waals surface area contributed by atoms with Gasteiger partial charge in [0.2, 0.25) is 0 Å². The van der Waals surface area contributed by atoms with Crippen LogP contribution in [-0.2, 0) is 9.59 Å². The molecular weight excluding hydrogens is 210 g/mol. The molecule has 1 aromatic heterocycles. The average molecular weight is 223 g/mol. The van der Waals surface area contributed by atoms with Gasteiger partial charge in [0.05, 0.1) is 0 Å². The smallest absolute Gasteiger partial charge is 0.250 e. The Morgan fingerprint density at radius 2 is 1.60 bits per heavy atom. The fourth-order valence-electron chi connectivity index (χ4n) is 1.11. The first-order chi connectivity index (χ1) is 6.99. The molecule has 0 aliphatic carbocycles. The Morgan fingerprint density at radius 1 is 1.07 bits per heavy atom. The zero-order valence-corrected chi connectivity index (χ0v) is 9.77. The van der Waals surface area contributed by atoms with E-state index in [9.17, 15) is 9.59 Å². The fourth-order valence-corrected chi connectivity index (χ4v) is 2.05. The summed E-state index contributed by atoms with van der Waals surface area (Å²) in [5.74, 6) is -0.657. The van der Waals surface area contributed by atoms with Gasteiger partial charge in [0.1, 0.15) is 0 Å². The molecule has 2 amide bonds. The molecule has 0 saturated carbocycles. The van der Waals surface area contributed by atoms with E-state index in [1.807, 2.05) is 16.7 Å². The number of imide groups is 1. The third-order valence-electron chi connectivity index (χ3n) is 1.92. The number of hydrogen-bond donors (Lipinski definition) is 1. The van der Waals surface area contributed by atoms with E-state index in [0.29, 0.717) is 0 Å². The molecule has 0 radical (unpaired) electrons. The Kier molecular flexibility index (Phi) is 3.80. The summed E-state index contributed by atoms with van der Waals surface area (Å²) in [5, 5.41) is 2.03. The van der Waals surface area contributed by atoms with Crippen LogP contribution in [0.5, 0.6) is 0 Å². The van der Waals surface area contributed by atoms with Crippen molar-refractivity contribution >= 4 is 23.2 Å². The number of carbonyl (C=O) groups is 2. The highest BCUT2D eigenvalue weighted by atomic mass is 32.1. The topological polar surface area (TPSA) is 46.2 Å². The summed E-state index contributed by atoms with van der Waals surface area (Å²) in [6.45, 7) is 6.45. The van der Waals surface area contributed by atoms with E-state index in [0.717, 1.165) is 0 Å². The minimum atomic E-state index is -0.329. The van der Waals surface area contributed by atoms with Gasteiger partial charge in [-0.2, -0.15) is 0 Å². The van der Waals surface area contributed by atoms with Crippen LogP contribution in [-0.4, -0.2) is 11.8 Å². The standard InChI is InChI=1S/C7H10S.C4H3NO2/c1-5-4-6(2)8-7(5)3;6-3-1-2-4(7)5-3/h4H,1-3H3;1-2H,(H,5,6,7). The number of aryl methyl sites for hydroxylation is 3. The van der Waals surface area contributed by atoms with Crippen LogP contribution in [0, 0.1) is 20.8 Å². The summed E-state index contributed by atoms with van der Waals surface area (Å²) in [6, 6.07) is 2.22. The minimum Gasteiger partial charge on any atom is -0.289 e. The van der Waals surface area contributed by atoms with Crippen molar-refractivity contribution in [2.75, 3.05) is 0 Å². The van der Waals surface area contributed by atoms with Crippen LogP contribution in [0.3, 0.4) is 0 Å². The molecule has 1 aliphatic rings. The predicted molar refractivity (Wildman–Crippen MR) is 60.8 cm³/mol. The molecule has 80 valence electrons. The highest BCUT2D eigenvalue weighted by molar-refractivity contribution is 7.12. The highest BCUT2D eigenvalue weighted by Gasteiger charge is 2.06. The number of nitrogens with one attached hydrogen (secondary N) is 1. The first-order valence-electron chi connectivity index (χ1n) is 4.55. The molecular formula is C11H13NO2S. The van der Waals surface area contributed by atoms with E-state index in [1.165, 1.54) is 27.5 Å². The molecule has 0 spiro atoms. The summed E-state index contributed by atoms with van der Waals surface area (Å²) in [4.78, 5) is 22.9. The Hall–Kier alpha value is -1.42. The maximum Gasteiger partial charge on any atom is 0.250 e. The summed E-state index contributed by atoms with van der Waals surface area (Å²) in [6.07, 6.45) is 2.39. The van der Waals surface area contributed by atoms with E-state index < -0.39 is 0 Å². The van der Waals surface area contributed by atoms with Crippen molar-refractivity contribution in [2.24, 2.45) is 0 Å². The lowest BCUT2D eigenvalue weighted by Gasteiger charge is -1.80. The Balaban J connectivity index is 0.000000151. The van der Waals surface area contributed by atoms with E-state index in [-0.39, 0.29) is 11.8 Å². The Morgan fingerprint density at radius 3 is 1.73 bits per heavy atom. The van der Waals surface area contributed by atoms with Crippen molar-refractivity contribution in [3.05, 3.63) is 33.5 Å². The van der Waals surface area contributed by atoms with Crippen molar-refractivity contribution in [3.63, 3.8) is 0 Å². The second-order valence-electron chi connectivity index (χ2n) is 3.28. The van der Waals surface area contributed by atoms with Gasteiger partial charge in [-0.3, -0.25) is 14.9 Å². The quantitative estimate of drug-likeness (QED) is 0.682. The van der Waals surface area contributed by atoms with Gasteiger partial charge in [0.15, 0.2) is 0 Å². The first-order valence-corrected chi connectivity index (χ1v) is 5.37. The molecule has 0 aromatic carbocycles. The molecule has 3 nitrogen and oxygen atoms in total. The number of carbonyl (C=O) groups excluding carboxylic acids is 2. The van der Waals surface area contributed by atoms with E-state index in [2.05, 4.69) is 26.8 Å². The summed E-state index contributed by atoms with van der Waals surface area (Å²) >= 11 is 1.87. The minimum absolute atomic E-state index is 0.329. The van der Waals surface area contributed by atoms with Crippen molar-refractivity contribution in [1.82, 2.24) is 5.32 Å². The number of amides is 2. The lowest BCUT2D eigenvalue weighted by molar-refractivity contribution is -0.123. The fraction of sp³-hybridized carbons (Fsp3) is 0.273. The first kappa shape index (κ1) is 11.7. The van der Waals surface area contributed by atoms with Crippen LogP contribution >= 0.6 is 11.3 Å². The molecule has 1 aliphatic heterocycles. The molecule has 4 heteroatoms. The maximum absolute atomic E-state index is 10.0. The largest absolute Gasteiger partial charge is 0.289 e. The number of thiophene rings is 1. The van der Waals surface area contributed by atoms with E-state index >= 15 is 0 Å². The van der Waals surface area contributed by atoms with Crippen LogP contribution in [0.4, 0.5) is 0 Å².